The van der Waals surface area contributed by atoms with Gasteiger partial charge >= 0.3 is 0 Å². The number of rotatable bonds is 4. The summed E-state index contributed by atoms with van der Waals surface area (Å²) in [6.07, 6.45) is 2.87. The van der Waals surface area contributed by atoms with Crippen molar-refractivity contribution in [3.8, 4) is 34.2 Å². The molecule has 0 aliphatic carbocycles. The van der Waals surface area contributed by atoms with Gasteiger partial charge in [0, 0.05) is 23.2 Å². The summed E-state index contributed by atoms with van der Waals surface area (Å²) in [5.74, 6) is 1.84. The first-order valence-corrected chi connectivity index (χ1v) is 8.29. The highest BCUT2D eigenvalue weighted by atomic mass is 16.5. The van der Waals surface area contributed by atoms with Crippen LogP contribution in [0.5, 0.6) is 11.5 Å². The standard InChI is InChI=1S/C20H18N2O4/c1-24-17-7-4-14(10-18(17)25-2)20-22-16(11-26-20)13-3-6-15-12(9-13)5-8-19(23)21-15/h3-4,6-7,9-11H,5,8H2,1-2H3,(H,21,23). The van der Waals surface area contributed by atoms with E-state index in [0.29, 0.717) is 23.8 Å². The molecule has 2 heterocycles. The number of anilines is 1. The number of aryl methyl sites for hydroxylation is 1. The van der Waals surface area contributed by atoms with Crippen LogP contribution >= 0.6 is 0 Å². The molecule has 4 rings (SSSR count). The monoisotopic (exact) mass is 350 g/mol. The highest BCUT2D eigenvalue weighted by molar-refractivity contribution is 5.94. The van der Waals surface area contributed by atoms with Crippen LogP contribution in [0.25, 0.3) is 22.7 Å². The minimum atomic E-state index is 0.0578. The Hall–Kier alpha value is -3.28. The van der Waals surface area contributed by atoms with E-state index in [-0.39, 0.29) is 5.91 Å². The van der Waals surface area contributed by atoms with E-state index in [2.05, 4.69) is 10.3 Å². The summed E-state index contributed by atoms with van der Waals surface area (Å²) in [7, 11) is 3.19. The van der Waals surface area contributed by atoms with Gasteiger partial charge in [-0.1, -0.05) is 6.07 Å². The number of oxazole rings is 1. The van der Waals surface area contributed by atoms with Crippen LogP contribution in [0.15, 0.2) is 47.1 Å². The molecule has 0 spiro atoms. The maximum absolute atomic E-state index is 11.5. The molecule has 2 aromatic carbocycles. The minimum absolute atomic E-state index is 0.0578. The normalized spacial score (nSPS) is 13.1. The van der Waals surface area contributed by atoms with Crippen LogP contribution in [-0.2, 0) is 11.2 Å². The molecule has 0 saturated heterocycles. The summed E-state index contributed by atoms with van der Waals surface area (Å²) in [6.45, 7) is 0. The summed E-state index contributed by atoms with van der Waals surface area (Å²) >= 11 is 0. The molecule has 1 aromatic heterocycles. The van der Waals surface area contributed by atoms with E-state index in [0.717, 1.165) is 34.5 Å². The maximum Gasteiger partial charge on any atom is 0.226 e. The van der Waals surface area contributed by atoms with Crippen molar-refractivity contribution in [1.29, 1.82) is 0 Å². The molecule has 0 bridgehead atoms. The molecule has 0 unspecified atom stereocenters. The highest BCUT2D eigenvalue weighted by Gasteiger charge is 2.17. The molecular weight excluding hydrogens is 332 g/mol. The quantitative estimate of drug-likeness (QED) is 0.772. The van der Waals surface area contributed by atoms with Crippen molar-refractivity contribution in [3.63, 3.8) is 0 Å². The molecule has 26 heavy (non-hydrogen) atoms. The van der Waals surface area contributed by atoms with Crippen LogP contribution in [0.3, 0.4) is 0 Å². The first-order valence-electron chi connectivity index (χ1n) is 8.29. The average Bonchev–Trinajstić information content (AvgIpc) is 3.17. The number of benzene rings is 2. The first-order chi connectivity index (χ1) is 12.7. The number of methoxy groups -OCH3 is 2. The van der Waals surface area contributed by atoms with E-state index in [1.807, 2.05) is 36.4 Å². The van der Waals surface area contributed by atoms with Crippen LogP contribution in [-0.4, -0.2) is 25.1 Å². The third-order valence-corrected chi connectivity index (χ3v) is 4.43. The van der Waals surface area contributed by atoms with Crippen molar-refractivity contribution in [2.24, 2.45) is 0 Å². The van der Waals surface area contributed by atoms with E-state index < -0.39 is 0 Å². The second-order valence-corrected chi connectivity index (χ2v) is 6.03. The SMILES string of the molecule is COc1ccc(-c2nc(-c3ccc4c(c3)CCC(=O)N4)co2)cc1OC. The molecule has 0 fully saturated rings. The Bertz CT molecular complexity index is 978. The van der Waals surface area contributed by atoms with Gasteiger partial charge in [-0.05, 0) is 42.3 Å². The molecule has 1 N–H and O–H groups in total. The van der Waals surface area contributed by atoms with Gasteiger partial charge in [0.1, 0.15) is 12.0 Å². The number of aromatic nitrogens is 1. The number of nitrogens with zero attached hydrogens (tertiary/aromatic N) is 1. The topological polar surface area (TPSA) is 73.6 Å². The van der Waals surface area contributed by atoms with Gasteiger partial charge in [0.15, 0.2) is 11.5 Å². The van der Waals surface area contributed by atoms with Gasteiger partial charge < -0.3 is 19.2 Å². The van der Waals surface area contributed by atoms with Gasteiger partial charge in [0.05, 0.1) is 14.2 Å². The van der Waals surface area contributed by atoms with Crippen LogP contribution in [0.1, 0.15) is 12.0 Å². The van der Waals surface area contributed by atoms with Crippen LogP contribution in [0.2, 0.25) is 0 Å². The summed E-state index contributed by atoms with van der Waals surface area (Å²) < 4.78 is 16.2. The second kappa shape index (κ2) is 6.55. The Morgan fingerprint density at radius 2 is 1.81 bits per heavy atom. The van der Waals surface area contributed by atoms with E-state index in [4.69, 9.17) is 13.9 Å². The van der Waals surface area contributed by atoms with Crippen LogP contribution in [0.4, 0.5) is 5.69 Å². The molecule has 6 nitrogen and oxygen atoms in total. The number of nitrogens with one attached hydrogen (secondary N) is 1. The molecule has 1 aliphatic rings. The van der Waals surface area contributed by atoms with E-state index >= 15 is 0 Å². The number of carbonyl (C=O) groups excluding carboxylic acids is 1. The molecule has 3 aromatic rings. The smallest absolute Gasteiger partial charge is 0.226 e. The van der Waals surface area contributed by atoms with E-state index in [1.165, 1.54) is 0 Å². The van der Waals surface area contributed by atoms with E-state index in [9.17, 15) is 4.79 Å². The molecule has 0 radical (unpaired) electrons. The molecular formula is C20H18N2O4. The fourth-order valence-corrected chi connectivity index (χ4v) is 3.05. The highest BCUT2D eigenvalue weighted by Crippen LogP contribution is 2.34. The number of carbonyl (C=O) groups is 1. The van der Waals surface area contributed by atoms with Crippen molar-refractivity contribution in [1.82, 2.24) is 4.98 Å². The third kappa shape index (κ3) is 2.90. The third-order valence-electron chi connectivity index (χ3n) is 4.43. The van der Waals surface area contributed by atoms with Gasteiger partial charge in [0.2, 0.25) is 11.8 Å². The maximum atomic E-state index is 11.5. The summed E-state index contributed by atoms with van der Waals surface area (Å²) in [5.41, 5.74) is 4.48. The van der Waals surface area contributed by atoms with Crippen molar-refractivity contribution < 1.29 is 18.7 Å². The van der Waals surface area contributed by atoms with Gasteiger partial charge in [-0.25, -0.2) is 4.98 Å². The van der Waals surface area contributed by atoms with Crippen molar-refractivity contribution >= 4 is 11.6 Å². The van der Waals surface area contributed by atoms with Gasteiger partial charge in [-0.2, -0.15) is 0 Å². The Kier molecular flexibility index (Phi) is 4.08. The zero-order chi connectivity index (χ0) is 18.1. The number of ether oxygens (including phenoxy) is 2. The first kappa shape index (κ1) is 16.2. The van der Waals surface area contributed by atoms with Gasteiger partial charge in [-0.3, -0.25) is 4.79 Å². The molecule has 1 amide bonds. The van der Waals surface area contributed by atoms with E-state index in [1.54, 1.807) is 20.5 Å². The summed E-state index contributed by atoms with van der Waals surface area (Å²) in [4.78, 5) is 16.1. The van der Waals surface area contributed by atoms with Crippen molar-refractivity contribution in [3.05, 3.63) is 48.2 Å². The predicted octanol–water partition coefficient (Wildman–Crippen LogP) is 3.91. The predicted molar refractivity (Wildman–Crippen MR) is 97.4 cm³/mol. The largest absolute Gasteiger partial charge is 0.493 e. The van der Waals surface area contributed by atoms with Crippen molar-refractivity contribution in [2.75, 3.05) is 19.5 Å². The van der Waals surface area contributed by atoms with Gasteiger partial charge in [-0.15, -0.1) is 0 Å². The number of fused-ring (bicyclic) bond motifs is 1. The Labute approximate surface area is 150 Å². The summed E-state index contributed by atoms with van der Waals surface area (Å²) in [5, 5.41) is 2.88. The lowest BCUT2D eigenvalue weighted by atomic mass is 9.99. The molecule has 0 atom stereocenters. The van der Waals surface area contributed by atoms with Crippen molar-refractivity contribution in [2.45, 2.75) is 12.8 Å². The fourth-order valence-electron chi connectivity index (χ4n) is 3.05. The zero-order valence-corrected chi connectivity index (χ0v) is 14.5. The number of hydrogen-bond acceptors (Lipinski definition) is 5. The lowest BCUT2D eigenvalue weighted by Crippen LogP contribution is -2.18. The fraction of sp³-hybridized carbons (Fsp3) is 0.200. The lowest BCUT2D eigenvalue weighted by Gasteiger charge is -2.17. The Morgan fingerprint density at radius 3 is 2.62 bits per heavy atom. The van der Waals surface area contributed by atoms with Crippen LogP contribution < -0.4 is 14.8 Å². The Balaban J connectivity index is 1.65. The molecule has 132 valence electrons. The number of hydrogen-bond donors (Lipinski definition) is 1. The van der Waals surface area contributed by atoms with Crippen LogP contribution in [0, 0.1) is 0 Å². The average molecular weight is 350 g/mol. The number of amides is 1. The zero-order valence-electron chi connectivity index (χ0n) is 14.5. The molecule has 1 aliphatic heterocycles. The molecule has 6 heteroatoms. The minimum Gasteiger partial charge on any atom is -0.493 e. The lowest BCUT2D eigenvalue weighted by molar-refractivity contribution is -0.116. The molecule has 0 saturated carbocycles. The Morgan fingerprint density at radius 1 is 1.00 bits per heavy atom. The second-order valence-electron chi connectivity index (χ2n) is 6.03. The van der Waals surface area contributed by atoms with Gasteiger partial charge in [0.25, 0.3) is 0 Å². The summed E-state index contributed by atoms with van der Waals surface area (Å²) in [6, 6.07) is 11.4.